The van der Waals surface area contributed by atoms with Gasteiger partial charge in [0.25, 0.3) is 0 Å². The Kier molecular flexibility index (Phi) is 3.52. The van der Waals surface area contributed by atoms with Crippen LogP contribution in [0, 0.1) is 0 Å². The predicted molar refractivity (Wildman–Crippen MR) is 62.6 cm³/mol. The Morgan fingerprint density at radius 2 is 1.94 bits per heavy atom. The molecule has 1 rings (SSSR count). The summed E-state index contributed by atoms with van der Waals surface area (Å²) < 4.78 is 10.9. The molecule has 5 heteroatoms. The first-order chi connectivity index (χ1) is 7.58. The van der Waals surface area contributed by atoms with Crippen molar-refractivity contribution in [3.63, 3.8) is 0 Å². The van der Waals surface area contributed by atoms with Crippen LogP contribution in [0.5, 0.6) is 0 Å². The van der Waals surface area contributed by atoms with Crippen molar-refractivity contribution in [3.05, 3.63) is 0 Å². The Morgan fingerprint density at radius 3 is 2.35 bits per heavy atom. The second-order valence-electron chi connectivity index (χ2n) is 5.75. The number of hydrogen-bond acceptors (Lipinski definition) is 4. The van der Waals surface area contributed by atoms with E-state index in [1.807, 2.05) is 0 Å². The monoisotopic (exact) mass is 243 g/mol. The van der Waals surface area contributed by atoms with Crippen molar-refractivity contribution < 1.29 is 19.1 Å². The molecule has 1 amide bonds. The number of amides is 1. The van der Waals surface area contributed by atoms with Crippen LogP contribution in [0.25, 0.3) is 0 Å². The third-order valence-corrected chi connectivity index (χ3v) is 2.56. The van der Waals surface area contributed by atoms with Gasteiger partial charge in [0, 0.05) is 0 Å². The second kappa shape index (κ2) is 4.29. The summed E-state index contributed by atoms with van der Waals surface area (Å²) in [6.45, 7) is 10.6. The highest BCUT2D eigenvalue weighted by Crippen LogP contribution is 2.32. The van der Waals surface area contributed by atoms with Gasteiger partial charge in [-0.05, 0) is 41.5 Å². The van der Waals surface area contributed by atoms with E-state index in [0.717, 1.165) is 6.29 Å². The molecule has 1 aliphatic heterocycles. The first-order valence-electron chi connectivity index (χ1n) is 5.74. The van der Waals surface area contributed by atoms with Gasteiger partial charge in [0.2, 0.25) is 0 Å². The molecule has 0 aliphatic carbocycles. The van der Waals surface area contributed by atoms with Crippen molar-refractivity contribution in [2.24, 2.45) is 0 Å². The summed E-state index contributed by atoms with van der Waals surface area (Å²) in [5.74, 6) is 0. The van der Waals surface area contributed by atoms with E-state index in [1.165, 1.54) is 4.90 Å². The lowest BCUT2D eigenvalue weighted by molar-refractivity contribution is -0.113. The van der Waals surface area contributed by atoms with Gasteiger partial charge in [-0.3, -0.25) is 4.90 Å². The molecule has 0 spiro atoms. The van der Waals surface area contributed by atoms with Crippen molar-refractivity contribution in [2.75, 3.05) is 0 Å². The second-order valence-corrected chi connectivity index (χ2v) is 5.75. The highest BCUT2D eigenvalue weighted by molar-refractivity contribution is 5.75. The summed E-state index contributed by atoms with van der Waals surface area (Å²) in [6, 6.07) is -0.597. The third-order valence-electron chi connectivity index (χ3n) is 2.56. The minimum Gasteiger partial charge on any atom is -0.444 e. The number of ether oxygens (including phenoxy) is 2. The SMILES string of the molecule is C[C@H]1OC(C)(C)N(C(=O)OC(C)(C)C)[C@H]1C=O. The predicted octanol–water partition coefficient (Wildman–Crippen LogP) is 1.95. The molecule has 17 heavy (non-hydrogen) atoms. The summed E-state index contributed by atoms with van der Waals surface area (Å²) in [4.78, 5) is 24.5. The number of rotatable bonds is 1. The normalized spacial score (nSPS) is 28.0. The van der Waals surface area contributed by atoms with Gasteiger partial charge in [-0.2, -0.15) is 0 Å². The molecule has 0 aromatic carbocycles. The molecule has 5 nitrogen and oxygen atoms in total. The molecule has 0 aromatic rings. The lowest BCUT2D eigenvalue weighted by atomic mass is 10.1. The molecule has 1 heterocycles. The van der Waals surface area contributed by atoms with E-state index < -0.39 is 23.5 Å². The summed E-state index contributed by atoms with van der Waals surface area (Å²) in [7, 11) is 0. The number of aldehydes is 1. The van der Waals surface area contributed by atoms with Gasteiger partial charge in [0.15, 0.2) is 0 Å². The fourth-order valence-electron chi connectivity index (χ4n) is 1.97. The molecule has 1 saturated heterocycles. The highest BCUT2D eigenvalue weighted by atomic mass is 16.6. The molecule has 0 unspecified atom stereocenters. The van der Waals surface area contributed by atoms with Crippen LogP contribution in [0.3, 0.4) is 0 Å². The highest BCUT2D eigenvalue weighted by Gasteiger charge is 2.49. The molecule has 0 radical (unpaired) electrons. The van der Waals surface area contributed by atoms with Crippen LogP contribution in [-0.4, -0.2) is 40.8 Å². The van der Waals surface area contributed by atoms with Crippen LogP contribution in [0.15, 0.2) is 0 Å². The van der Waals surface area contributed by atoms with Crippen LogP contribution >= 0.6 is 0 Å². The van der Waals surface area contributed by atoms with Gasteiger partial charge >= 0.3 is 6.09 Å². The average Bonchev–Trinajstić information content (AvgIpc) is 2.31. The maximum absolute atomic E-state index is 12.1. The van der Waals surface area contributed by atoms with E-state index in [0.29, 0.717) is 0 Å². The van der Waals surface area contributed by atoms with Crippen molar-refractivity contribution in [2.45, 2.75) is 65.0 Å². The largest absolute Gasteiger partial charge is 0.444 e. The van der Waals surface area contributed by atoms with Gasteiger partial charge in [-0.15, -0.1) is 0 Å². The lowest BCUT2D eigenvalue weighted by Crippen LogP contribution is -2.50. The molecule has 0 saturated carbocycles. The van der Waals surface area contributed by atoms with Crippen molar-refractivity contribution >= 4 is 12.4 Å². The van der Waals surface area contributed by atoms with E-state index >= 15 is 0 Å². The fourth-order valence-corrected chi connectivity index (χ4v) is 1.97. The standard InChI is InChI=1S/C12H21NO4/c1-8-9(7-14)13(12(5,6)16-8)10(15)17-11(2,3)4/h7-9H,1-6H3/t8-,9+/m1/s1. The summed E-state index contributed by atoms with van der Waals surface area (Å²) in [5.41, 5.74) is -1.42. The van der Waals surface area contributed by atoms with Gasteiger partial charge in [0.05, 0.1) is 6.10 Å². The summed E-state index contributed by atoms with van der Waals surface area (Å²) in [5, 5.41) is 0. The smallest absolute Gasteiger partial charge is 0.413 e. The maximum atomic E-state index is 12.1. The van der Waals surface area contributed by atoms with E-state index in [4.69, 9.17) is 9.47 Å². The zero-order valence-electron chi connectivity index (χ0n) is 11.3. The molecular weight excluding hydrogens is 222 g/mol. The van der Waals surface area contributed by atoms with Crippen LogP contribution in [0.4, 0.5) is 4.79 Å². The van der Waals surface area contributed by atoms with Gasteiger partial charge in [-0.1, -0.05) is 0 Å². The minimum absolute atomic E-state index is 0.324. The first-order valence-corrected chi connectivity index (χ1v) is 5.74. The zero-order chi connectivity index (χ0) is 13.4. The van der Waals surface area contributed by atoms with Crippen LogP contribution in [0.1, 0.15) is 41.5 Å². The molecule has 0 aromatic heterocycles. The Hall–Kier alpha value is -1.10. The van der Waals surface area contributed by atoms with Crippen LogP contribution in [0.2, 0.25) is 0 Å². The molecule has 0 bridgehead atoms. The molecular formula is C12H21NO4. The quantitative estimate of drug-likeness (QED) is 0.660. The molecule has 0 N–H and O–H groups in total. The zero-order valence-corrected chi connectivity index (χ0v) is 11.3. The Bertz CT molecular complexity index is 319. The van der Waals surface area contributed by atoms with Crippen LogP contribution < -0.4 is 0 Å². The van der Waals surface area contributed by atoms with Gasteiger partial charge in [-0.25, -0.2) is 4.79 Å². The van der Waals surface area contributed by atoms with E-state index in [9.17, 15) is 9.59 Å². The third kappa shape index (κ3) is 2.97. The molecule has 98 valence electrons. The van der Waals surface area contributed by atoms with E-state index in [2.05, 4.69) is 0 Å². The molecule has 1 aliphatic rings. The fraction of sp³-hybridized carbons (Fsp3) is 0.833. The molecule has 1 fully saturated rings. The Morgan fingerprint density at radius 1 is 1.41 bits per heavy atom. The number of hydrogen-bond donors (Lipinski definition) is 0. The average molecular weight is 243 g/mol. The van der Waals surface area contributed by atoms with Crippen molar-refractivity contribution in [1.82, 2.24) is 4.90 Å². The number of carbonyl (C=O) groups is 2. The van der Waals surface area contributed by atoms with Crippen molar-refractivity contribution in [3.8, 4) is 0 Å². The summed E-state index contributed by atoms with van der Waals surface area (Å²) in [6.07, 6.45) is -0.123. The van der Waals surface area contributed by atoms with Crippen LogP contribution in [-0.2, 0) is 14.3 Å². The maximum Gasteiger partial charge on any atom is 0.413 e. The Labute approximate surface area is 102 Å². The van der Waals surface area contributed by atoms with E-state index in [-0.39, 0.29) is 6.10 Å². The Balaban J connectivity index is 2.93. The number of carbonyl (C=O) groups excluding carboxylic acids is 2. The molecule has 2 atom stereocenters. The summed E-state index contributed by atoms with van der Waals surface area (Å²) >= 11 is 0. The topological polar surface area (TPSA) is 55.8 Å². The lowest BCUT2D eigenvalue weighted by Gasteiger charge is -2.33. The first kappa shape index (κ1) is 14.0. The number of nitrogens with zero attached hydrogens (tertiary/aromatic N) is 1. The van der Waals surface area contributed by atoms with Gasteiger partial charge in [0.1, 0.15) is 23.7 Å². The minimum atomic E-state index is -0.826. The van der Waals surface area contributed by atoms with Crippen molar-refractivity contribution in [1.29, 1.82) is 0 Å². The van der Waals surface area contributed by atoms with Gasteiger partial charge < -0.3 is 14.3 Å². The van der Waals surface area contributed by atoms with E-state index in [1.54, 1.807) is 41.5 Å².